The normalized spacial score (nSPS) is 10.3. The third-order valence-electron chi connectivity index (χ3n) is 4.20. The Labute approximate surface area is 168 Å². The van der Waals surface area contributed by atoms with Crippen molar-refractivity contribution in [1.29, 1.82) is 0 Å². The minimum atomic E-state index is -0.537. The van der Waals surface area contributed by atoms with Gasteiger partial charge in [-0.3, -0.25) is 9.59 Å². The third-order valence-corrected chi connectivity index (χ3v) is 4.44. The molecule has 0 saturated heterocycles. The van der Waals surface area contributed by atoms with Gasteiger partial charge < -0.3 is 16.4 Å². The number of halogens is 1. The van der Waals surface area contributed by atoms with E-state index in [1.807, 2.05) is 30.3 Å². The summed E-state index contributed by atoms with van der Waals surface area (Å²) >= 11 is 6.10. The largest absolute Gasteiger partial charge is 0.366 e. The molecule has 142 valence electrons. The van der Waals surface area contributed by atoms with Crippen molar-refractivity contribution in [3.8, 4) is 0 Å². The summed E-state index contributed by atoms with van der Waals surface area (Å²) in [6, 6.07) is 21.8. The van der Waals surface area contributed by atoms with Crippen molar-refractivity contribution in [2.45, 2.75) is 12.8 Å². The zero-order chi connectivity index (χ0) is 19.9. The fourth-order valence-corrected chi connectivity index (χ4v) is 2.97. The van der Waals surface area contributed by atoms with Crippen molar-refractivity contribution in [2.75, 3.05) is 10.6 Å². The topological polar surface area (TPSA) is 84.2 Å². The van der Waals surface area contributed by atoms with E-state index in [1.54, 1.807) is 42.5 Å². The number of benzene rings is 3. The highest BCUT2D eigenvalue weighted by molar-refractivity contribution is 6.31. The lowest BCUT2D eigenvalue weighted by Gasteiger charge is -2.15. The van der Waals surface area contributed by atoms with Gasteiger partial charge in [0.15, 0.2) is 0 Å². The number of anilines is 3. The van der Waals surface area contributed by atoms with Gasteiger partial charge in [-0.1, -0.05) is 54.1 Å². The van der Waals surface area contributed by atoms with E-state index in [4.69, 9.17) is 17.3 Å². The van der Waals surface area contributed by atoms with Crippen molar-refractivity contribution in [3.63, 3.8) is 0 Å². The van der Waals surface area contributed by atoms with E-state index in [0.29, 0.717) is 40.5 Å². The first-order valence-electron chi connectivity index (χ1n) is 8.82. The van der Waals surface area contributed by atoms with Crippen molar-refractivity contribution in [3.05, 3.63) is 88.9 Å². The molecule has 5 nitrogen and oxygen atoms in total. The second kappa shape index (κ2) is 9.06. The van der Waals surface area contributed by atoms with Crippen LogP contribution in [0.3, 0.4) is 0 Å². The molecule has 6 heteroatoms. The molecule has 3 rings (SSSR count). The van der Waals surface area contributed by atoms with Gasteiger partial charge >= 0.3 is 0 Å². The minimum Gasteiger partial charge on any atom is -0.366 e. The predicted molar refractivity (Wildman–Crippen MR) is 113 cm³/mol. The number of carbonyl (C=O) groups excluding carboxylic acids is 2. The molecule has 0 bridgehead atoms. The van der Waals surface area contributed by atoms with Crippen molar-refractivity contribution in [2.24, 2.45) is 5.73 Å². The summed E-state index contributed by atoms with van der Waals surface area (Å²) in [5.41, 5.74) is 8.59. The molecular formula is C22H20ClN3O2. The number of hydrogen-bond acceptors (Lipinski definition) is 3. The van der Waals surface area contributed by atoms with E-state index in [-0.39, 0.29) is 5.91 Å². The van der Waals surface area contributed by atoms with E-state index in [0.717, 1.165) is 5.56 Å². The van der Waals surface area contributed by atoms with E-state index in [2.05, 4.69) is 10.6 Å². The average molecular weight is 394 g/mol. The Hall–Kier alpha value is -3.31. The van der Waals surface area contributed by atoms with Crippen LogP contribution in [-0.2, 0) is 11.2 Å². The van der Waals surface area contributed by atoms with E-state index in [9.17, 15) is 9.59 Å². The lowest BCUT2D eigenvalue weighted by atomic mass is 10.1. The summed E-state index contributed by atoms with van der Waals surface area (Å²) in [4.78, 5) is 24.1. The molecule has 0 heterocycles. The molecule has 0 atom stereocenters. The molecule has 0 aliphatic carbocycles. The highest BCUT2D eigenvalue weighted by atomic mass is 35.5. The lowest BCUT2D eigenvalue weighted by Crippen LogP contribution is -2.15. The van der Waals surface area contributed by atoms with Crippen LogP contribution in [0.2, 0.25) is 5.02 Å². The standard InChI is InChI=1S/C22H20ClN3O2/c23-16-11-12-19(25-18-9-5-4-8-17(18)22(24)28)20(14-16)26-21(27)13-10-15-6-2-1-3-7-15/h1-9,11-12,14,25H,10,13H2,(H2,24,28)(H,26,27). The lowest BCUT2D eigenvalue weighted by molar-refractivity contribution is -0.116. The predicted octanol–water partition coefficient (Wildman–Crippen LogP) is 4.75. The number of amides is 2. The Morgan fingerprint density at radius 1 is 0.857 bits per heavy atom. The monoisotopic (exact) mass is 393 g/mol. The second-order valence-electron chi connectivity index (χ2n) is 6.26. The Morgan fingerprint density at radius 2 is 1.57 bits per heavy atom. The van der Waals surface area contributed by atoms with Crippen LogP contribution in [-0.4, -0.2) is 11.8 Å². The molecule has 0 saturated carbocycles. The van der Waals surface area contributed by atoms with Crippen molar-refractivity contribution < 1.29 is 9.59 Å². The van der Waals surface area contributed by atoms with Gasteiger partial charge in [-0.25, -0.2) is 0 Å². The van der Waals surface area contributed by atoms with Gasteiger partial charge in [0.2, 0.25) is 5.91 Å². The molecule has 0 unspecified atom stereocenters. The summed E-state index contributed by atoms with van der Waals surface area (Å²) in [6.45, 7) is 0. The van der Waals surface area contributed by atoms with E-state index < -0.39 is 5.91 Å². The molecule has 0 radical (unpaired) electrons. The summed E-state index contributed by atoms with van der Waals surface area (Å²) < 4.78 is 0. The van der Waals surface area contributed by atoms with Crippen LogP contribution in [0, 0.1) is 0 Å². The number of carbonyl (C=O) groups is 2. The number of nitrogens with one attached hydrogen (secondary N) is 2. The molecule has 3 aromatic rings. The number of hydrogen-bond donors (Lipinski definition) is 3. The average Bonchev–Trinajstić information content (AvgIpc) is 2.69. The summed E-state index contributed by atoms with van der Waals surface area (Å²) in [5.74, 6) is -0.664. The fourth-order valence-electron chi connectivity index (χ4n) is 2.80. The summed E-state index contributed by atoms with van der Waals surface area (Å²) in [5, 5.41) is 6.54. The Bertz CT molecular complexity index is 990. The number of nitrogens with two attached hydrogens (primary N) is 1. The highest BCUT2D eigenvalue weighted by Crippen LogP contribution is 2.30. The molecule has 0 aliphatic heterocycles. The van der Waals surface area contributed by atoms with Gasteiger partial charge in [0.05, 0.1) is 22.6 Å². The van der Waals surface area contributed by atoms with Crippen LogP contribution in [0.15, 0.2) is 72.8 Å². The molecule has 3 aromatic carbocycles. The van der Waals surface area contributed by atoms with Crippen LogP contribution < -0.4 is 16.4 Å². The van der Waals surface area contributed by atoms with Gasteiger partial charge in [-0.2, -0.15) is 0 Å². The summed E-state index contributed by atoms with van der Waals surface area (Å²) in [7, 11) is 0. The maximum atomic E-state index is 12.4. The molecule has 0 fully saturated rings. The van der Waals surface area contributed by atoms with Crippen molar-refractivity contribution >= 4 is 40.5 Å². The molecule has 0 aliphatic rings. The first kappa shape index (κ1) is 19.5. The molecule has 0 aromatic heterocycles. The van der Waals surface area contributed by atoms with Gasteiger partial charge in [0.1, 0.15) is 0 Å². The molecule has 0 spiro atoms. The van der Waals surface area contributed by atoms with Gasteiger partial charge in [-0.15, -0.1) is 0 Å². The maximum Gasteiger partial charge on any atom is 0.250 e. The number of rotatable bonds is 7. The molecule has 2 amide bonds. The maximum absolute atomic E-state index is 12.4. The van der Waals surface area contributed by atoms with Crippen molar-refractivity contribution in [1.82, 2.24) is 0 Å². The number of aryl methyl sites for hydroxylation is 1. The smallest absolute Gasteiger partial charge is 0.250 e. The van der Waals surface area contributed by atoms with E-state index >= 15 is 0 Å². The van der Waals surface area contributed by atoms with Gasteiger partial charge in [0.25, 0.3) is 5.91 Å². The zero-order valence-corrected chi connectivity index (χ0v) is 15.9. The highest BCUT2D eigenvalue weighted by Gasteiger charge is 2.12. The summed E-state index contributed by atoms with van der Waals surface area (Å²) in [6.07, 6.45) is 0.981. The second-order valence-corrected chi connectivity index (χ2v) is 6.69. The quantitative estimate of drug-likeness (QED) is 0.541. The van der Waals surface area contributed by atoms with Crippen LogP contribution in [0.5, 0.6) is 0 Å². The number of primary amides is 1. The fraction of sp³-hybridized carbons (Fsp3) is 0.0909. The van der Waals surface area contributed by atoms with E-state index in [1.165, 1.54) is 0 Å². The molecule has 28 heavy (non-hydrogen) atoms. The van der Waals surface area contributed by atoms with Crippen LogP contribution in [0.25, 0.3) is 0 Å². The van der Waals surface area contributed by atoms with Crippen LogP contribution in [0.1, 0.15) is 22.3 Å². The zero-order valence-electron chi connectivity index (χ0n) is 15.1. The number of para-hydroxylation sites is 1. The third kappa shape index (κ3) is 5.11. The molecular weight excluding hydrogens is 374 g/mol. The Balaban J connectivity index is 1.76. The Kier molecular flexibility index (Phi) is 6.29. The first-order valence-corrected chi connectivity index (χ1v) is 9.20. The van der Waals surface area contributed by atoms with Crippen LogP contribution in [0.4, 0.5) is 17.1 Å². The molecule has 4 N–H and O–H groups in total. The minimum absolute atomic E-state index is 0.127. The van der Waals surface area contributed by atoms with Crippen LogP contribution >= 0.6 is 11.6 Å². The SMILES string of the molecule is NC(=O)c1ccccc1Nc1ccc(Cl)cc1NC(=O)CCc1ccccc1. The Morgan fingerprint density at radius 3 is 2.32 bits per heavy atom. The first-order chi connectivity index (χ1) is 13.5. The van der Waals surface area contributed by atoms with Gasteiger partial charge in [0, 0.05) is 11.4 Å². The van der Waals surface area contributed by atoms with Gasteiger partial charge in [-0.05, 0) is 42.3 Å².